The molecule has 0 spiro atoms. The summed E-state index contributed by atoms with van der Waals surface area (Å²) in [5, 5.41) is 19.9. The van der Waals surface area contributed by atoms with Gasteiger partial charge in [0.15, 0.2) is 0 Å². The summed E-state index contributed by atoms with van der Waals surface area (Å²) in [6, 6.07) is 0. The minimum Gasteiger partial charge on any atom is -0.390 e. The lowest BCUT2D eigenvalue weighted by Crippen LogP contribution is -2.41. The van der Waals surface area contributed by atoms with Crippen LogP contribution in [-0.2, 0) is 0 Å². The van der Waals surface area contributed by atoms with Crippen LogP contribution in [0, 0.1) is 0 Å². The molecular formula is C12H22O2. The largest absolute Gasteiger partial charge is 0.390 e. The van der Waals surface area contributed by atoms with E-state index in [2.05, 4.69) is 12.3 Å². The predicted octanol–water partition coefficient (Wildman–Crippen LogP) is 2.41. The Labute approximate surface area is 87.0 Å². The van der Waals surface area contributed by atoms with Gasteiger partial charge in [0.05, 0.1) is 11.7 Å². The summed E-state index contributed by atoms with van der Waals surface area (Å²) in [6.07, 6.45) is 4.59. The molecule has 0 radical (unpaired) electrons. The van der Waals surface area contributed by atoms with Crippen LogP contribution in [0.4, 0.5) is 0 Å². The molecule has 0 aromatic carbocycles. The van der Waals surface area contributed by atoms with Crippen LogP contribution in [0.2, 0.25) is 0 Å². The topological polar surface area (TPSA) is 40.5 Å². The van der Waals surface area contributed by atoms with E-state index in [9.17, 15) is 10.2 Å². The van der Waals surface area contributed by atoms with Crippen LogP contribution >= 0.6 is 0 Å². The predicted molar refractivity (Wildman–Crippen MR) is 59.1 cm³/mol. The molecule has 0 aromatic heterocycles. The van der Waals surface area contributed by atoms with Crippen LogP contribution in [0.15, 0.2) is 18.4 Å². The Kier molecular flexibility index (Phi) is 6.56. The number of aliphatic hydroxyl groups is 2. The van der Waals surface area contributed by atoms with Gasteiger partial charge in [0.1, 0.15) is 0 Å². The highest BCUT2D eigenvalue weighted by Crippen LogP contribution is 2.25. The third kappa shape index (κ3) is 4.10. The fourth-order valence-corrected chi connectivity index (χ4v) is 1.70. The van der Waals surface area contributed by atoms with Crippen LogP contribution < -0.4 is 0 Å². The van der Waals surface area contributed by atoms with Crippen molar-refractivity contribution < 1.29 is 10.2 Å². The molecule has 0 aliphatic carbocycles. The minimum absolute atomic E-state index is 0.582. The molecule has 0 saturated carbocycles. The van der Waals surface area contributed by atoms with Crippen molar-refractivity contribution in [3.05, 3.63) is 18.4 Å². The van der Waals surface area contributed by atoms with Gasteiger partial charge in [-0.05, 0) is 31.8 Å². The lowest BCUT2D eigenvalue weighted by molar-refractivity contribution is -0.0864. The monoisotopic (exact) mass is 198 g/mol. The standard InChI is InChI=1S/C12H22O2/c1-4-7-8-10-12(14,9-5-2)11(13)6-3/h7,11,13-14H,1,5-6,8-10H2,2-3H3. The summed E-state index contributed by atoms with van der Waals surface area (Å²) in [5.41, 5.74) is 1.74. The summed E-state index contributed by atoms with van der Waals surface area (Å²) < 4.78 is 0. The molecule has 0 saturated heterocycles. The first kappa shape index (κ1) is 13.4. The Balaban J connectivity index is 4.29. The van der Waals surface area contributed by atoms with Crippen molar-refractivity contribution in [3.8, 4) is 0 Å². The zero-order chi connectivity index (χ0) is 11.0. The summed E-state index contributed by atoms with van der Waals surface area (Å²) in [6.45, 7) is 7.36. The summed E-state index contributed by atoms with van der Waals surface area (Å²) in [7, 11) is 0. The van der Waals surface area contributed by atoms with E-state index < -0.39 is 11.7 Å². The second kappa shape index (κ2) is 6.83. The Morgan fingerprint density at radius 1 is 1.43 bits per heavy atom. The molecule has 0 heterocycles. The van der Waals surface area contributed by atoms with Gasteiger partial charge in [0.2, 0.25) is 0 Å². The van der Waals surface area contributed by atoms with Gasteiger partial charge in [0.25, 0.3) is 0 Å². The maximum atomic E-state index is 10.2. The smallest absolute Gasteiger partial charge is 0.0908 e. The van der Waals surface area contributed by atoms with E-state index >= 15 is 0 Å². The molecule has 0 aliphatic heterocycles. The normalized spacial score (nSPS) is 16.9. The third-order valence-corrected chi connectivity index (χ3v) is 2.56. The van der Waals surface area contributed by atoms with Gasteiger partial charge in [-0.15, -0.1) is 5.73 Å². The van der Waals surface area contributed by atoms with Crippen LogP contribution in [0.5, 0.6) is 0 Å². The van der Waals surface area contributed by atoms with Gasteiger partial charge in [-0.1, -0.05) is 26.8 Å². The van der Waals surface area contributed by atoms with E-state index in [-0.39, 0.29) is 0 Å². The van der Waals surface area contributed by atoms with Gasteiger partial charge < -0.3 is 10.2 Å². The zero-order valence-electron chi connectivity index (χ0n) is 9.29. The summed E-state index contributed by atoms with van der Waals surface area (Å²) in [4.78, 5) is 0. The Morgan fingerprint density at radius 3 is 2.50 bits per heavy atom. The number of allylic oxidation sites excluding steroid dienone is 1. The van der Waals surface area contributed by atoms with Crippen molar-refractivity contribution in [2.75, 3.05) is 0 Å². The summed E-state index contributed by atoms with van der Waals surface area (Å²) in [5.74, 6) is 0. The van der Waals surface area contributed by atoms with Crippen molar-refractivity contribution >= 4 is 0 Å². The first-order valence-electron chi connectivity index (χ1n) is 5.35. The molecular weight excluding hydrogens is 176 g/mol. The lowest BCUT2D eigenvalue weighted by Gasteiger charge is -2.32. The van der Waals surface area contributed by atoms with E-state index in [1.54, 1.807) is 6.08 Å². The molecule has 2 nitrogen and oxygen atoms in total. The van der Waals surface area contributed by atoms with Gasteiger partial charge in [-0.25, -0.2) is 0 Å². The second-order valence-corrected chi connectivity index (χ2v) is 3.72. The quantitative estimate of drug-likeness (QED) is 0.617. The minimum atomic E-state index is -0.934. The van der Waals surface area contributed by atoms with Gasteiger partial charge in [0, 0.05) is 0 Å². The lowest BCUT2D eigenvalue weighted by atomic mass is 9.85. The highest BCUT2D eigenvalue weighted by molar-refractivity contribution is 4.89. The van der Waals surface area contributed by atoms with E-state index in [0.29, 0.717) is 19.3 Å². The number of hydrogen-bond acceptors (Lipinski definition) is 2. The molecule has 0 aromatic rings. The second-order valence-electron chi connectivity index (χ2n) is 3.72. The third-order valence-electron chi connectivity index (χ3n) is 2.56. The molecule has 0 amide bonds. The van der Waals surface area contributed by atoms with E-state index in [1.165, 1.54) is 0 Å². The molecule has 0 aliphatic rings. The van der Waals surface area contributed by atoms with E-state index in [1.807, 2.05) is 13.8 Å². The SMILES string of the molecule is C=C=CCCC(O)(CCC)C(O)CC. The van der Waals surface area contributed by atoms with Crippen molar-refractivity contribution in [2.45, 2.75) is 57.7 Å². The molecule has 2 N–H and O–H groups in total. The Bertz CT molecular complexity index is 194. The van der Waals surface area contributed by atoms with Crippen LogP contribution in [0.25, 0.3) is 0 Å². The average Bonchev–Trinajstić information content (AvgIpc) is 2.17. The average molecular weight is 198 g/mol. The molecule has 0 fully saturated rings. The Hall–Kier alpha value is -0.560. The highest BCUT2D eigenvalue weighted by atomic mass is 16.3. The number of hydrogen-bond donors (Lipinski definition) is 2. The van der Waals surface area contributed by atoms with Crippen molar-refractivity contribution in [2.24, 2.45) is 0 Å². The van der Waals surface area contributed by atoms with Gasteiger partial charge in [-0.2, -0.15) is 0 Å². The number of rotatable bonds is 7. The fourth-order valence-electron chi connectivity index (χ4n) is 1.70. The maximum Gasteiger partial charge on any atom is 0.0908 e. The molecule has 0 rings (SSSR count). The molecule has 2 atom stereocenters. The Morgan fingerprint density at radius 2 is 2.07 bits per heavy atom. The van der Waals surface area contributed by atoms with Crippen molar-refractivity contribution in [1.82, 2.24) is 0 Å². The molecule has 0 bridgehead atoms. The fraction of sp³-hybridized carbons (Fsp3) is 0.750. The van der Waals surface area contributed by atoms with Crippen molar-refractivity contribution in [3.63, 3.8) is 0 Å². The number of aliphatic hydroxyl groups excluding tert-OH is 1. The molecule has 14 heavy (non-hydrogen) atoms. The first-order chi connectivity index (χ1) is 6.60. The molecule has 2 unspecified atom stereocenters. The van der Waals surface area contributed by atoms with Crippen LogP contribution in [0.3, 0.4) is 0 Å². The molecule has 2 heteroatoms. The first-order valence-corrected chi connectivity index (χ1v) is 5.35. The van der Waals surface area contributed by atoms with Crippen LogP contribution in [-0.4, -0.2) is 21.9 Å². The zero-order valence-corrected chi connectivity index (χ0v) is 9.29. The van der Waals surface area contributed by atoms with Crippen LogP contribution in [0.1, 0.15) is 46.0 Å². The molecule has 82 valence electrons. The maximum absolute atomic E-state index is 10.2. The van der Waals surface area contributed by atoms with E-state index in [4.69, 9.17) is 0 Å². The highest BCUT2D eigenvalue weighted by Gasteiger charge is 2.32. The van der Waals surface area contributed by atoms with Gasteiger partial charge >= 0.3 is 0 Å². The summed E-state index contributed by atoms with van der Waals surface area (Å²) >= 11 is 0. The van der Waals surface area contributed by atoms with Crippen molar-refractivity contribution in [1.29, 1.82) is 0 Å². The van der Waals surface area contributed by atoms with E-state index in [0.717, 1.165) is 12.8 Å². The van der Waals surface area contributed by atoms with Gasteiger partial charge in [-0.3, -0.25) is 0 Å².